The first-order valence-electron chi connectivity index (χ1n) is 18.6. The average molecular weight is 687 g/mol. The molecule has 0 aliphatic rings. The summed E-state index contributed by atoms with van der Waals surface area (Å²) in [5, 5.41) is 7.62. The lowest BCUT2D eigenvalue weighted by Crippen LogP contribution is -1.95. The number of benzene rings is 9. The Morgan fingerprint density at radius 2 is 0.630 bits per heavy atom. The molecule has 0 fully saturated rings. The van der Waals surface area contributed by atoms with Crippen LogP contribution in [0.5, 0.6) is 0 Å². The maximum absolute atomic E-state index is 2.43. The number of fused-ring (bicyclic) bond motifs is 8. The molecule has 2 heterocycles. The summed E-state index contributed by atoms with van der Waals surface area (Å²) in [5.41, 5.74) is 14.5. The molecule has 11 rings (SSSR count). The van der Waals surface area contributed by atoms with E-state index >= 15 is 0 Å². The highest BCUT2D eigenvalue weighted by atomic mass is 15.0. The minimum absolute atomic E-state index is 1.15. The van der Waals surface area contributed by atoms with E-state index in [1.165, 1.54) is 87.8 Å². The molecule has 0 spiro atoms. The third-order valence-corrected chi connectivity index (χ3v) is 11.1. The Kier molecular flexibility index (Phi) is 6.90. The van der Waals surface area contributed by atoms with Crippen LogP contribution in [0, 0.1) is 0 Å². The van der Waals surface area contributed by atoms with Crippen molar-refractivity contribution in [3.05, 3.63) is 206 Å². The molecule has 54 heavy (non-hydrogen) atoms. The Balaban J connectivity index is 1.01. The Bertz CT molecular complexity index is 3160. The molecule has 0 amide bonds. The smallest absolute Gasteiger partial charge is 0.0548 e. The van der Waals surface area contributed by atoms with Gasteiger partial charge in [0.25, 0.3) is 0 Å². The summed E-state index contributed by atoms with van der Waals surface area (Å²) < 4.78 is 4.85. The molecule has 0 bridgehead atoms. The first-order valence-corrected chi connectivity index (χ1v) is 18.6. The SMILES string of the molecule is c1ccc(-c2ccc(-n3c4ccccc4c4c5c6ccccc6n(-c6ccc(-c7ccc(-c8ccc9ccccc9c8)cc7)cc6)c5ccc43)cc2)cc1. The van der Waals surface area contributed by atoms with Crippen LogP contribution >= 0.6 is 0 Å². The predicted molar refractivity (Wildman–Crippen MR) is 229 cm³/mol. The van der Waals surface area contributed by atoms with Gasteiger partial charge < -0.3 is 9.13 Å². The molecule has 11 aromatic rings. The minimum Gasteiger partial charge on any atom is -0.309 e. The number of aromatic nitrogens is 2. The van der Waals surface area contributed by atoms with Crippen LogP contribution in [-0.2, 0) is 0 Å². The third kappa shape index (κ3) is 4.81. The molecule has 0 radical (unpaired) electrons. The van der Waals surface area contributed by atoms with E-state index in [1.54, 1.807) is 0 Å². The van der Waals surface area contributed by atoms with Crippen molar-refractivity contribution in [1.82, 2.24) is 9.13 Å². The Morgan fingerprint density at radius 1 is 0.241 bits per heavy atom. The van der Waals surface area contributed by atoms with Gasteiger partial charge in [-0.25, -0.2) is 0 Å². The van der Waals surface area contributed by atoms with Gasteiger partial charge in [-0.05, 0) is 98.8 Å². The largest absolute Gasteiger partial charge is 0.309 e. The van der Waals surface area contributed by atoms with Crippen LogP contribution in [-0.4, -0.2) is 9.13 Å². The van der Waals surface area contributed by atoms with Crippen LogP contribution in [0.3, 0.4) is 0 Å². The monoisotopic (exact) mass is 686 g/mol. The van der Waals surface area contributed by atoms with Crippen LogP contribution in [0.2, 0.25) is 0 Å². The number of rotatable bonds is 5. The van der Waals surface area contributed by atoms with Gasteiger partial charge in [0.1, 0.15) is 0 Å². The Morgan fingerprint density at radius 3 is 1.17 bits per heavy atom. The van der Waals surface area contributed by atoms with E-state index in [2.05, 4.69) is 215 Å². The standard InChI is InChI=1S/C52H34N2/c1-2-10-35(11-3-1)38-24-28-43(29-25-38)53-47-16-8-6-14-45(47)51-49(53)32-33-50-52(51)46-15-7-9-17-48(46)54(50)44-30-26-39(27-31-44)37-18-20-40(21-19-37)42-23-22-36-12-4-5-13-41(36)34-42/h1-34H. The van der Waals surface area contributed by atoms with E-state index in [0.29, 0.717) is 0 Å². The lowest BCUT2D eigenvalue weighted by molar-refractivity contribution is 1.17. The van der Waals surface area contributed by atoms with Crippen LogP contribution in [0.4, 0.5) is 0 Å². The molecule has 2 nitrogen and oxygen atoms in total. The Hall–Kier alpha value is -7.16. The topological polar surface area (TPSA) is 9.86 Å². The highest BCUT2D eigenvalue weighted by Gasteiger charge is 2.20. The van der Waals surface area contributed by atoms with E-state index < -0.39 is 0 Å². The number of nitrogens with zero attached hydrogens (tertiary/aromatic N) is 2. The lowest BCUT2D eigenvalue weighted by atomic mass is 9.98. The van der Waals surface area contributed by atoms with E-state index in [4.69, 9.17) is 0 Å². The van der Waals surface area contributed by atoms with Gasteiger partial charge in [-0.2, -0.15) is 0 Å². The molecule has 2 heteroatoms. The van der Waals surface area contributed by atoms with Gasteiger partial charge in [-0.1, -0.05) is 152 Å². The van der Waals surface area contributed by atoms with Crippen LogP contribution in [0.25, 0.3) is 99.1 Å². The van der Waals surface area contributed by atoms with Gasteiger partial charge >= 0.3 is 0 Å². The maximum Gasteiger partial charge on any atom is 0.0548 e. The molecule has 2 aromatic heterocycles. The van der Waals surface area contributed by atoms with Gasteiger partial charge in [-0.15, -0.1) is 0 Å². The van der Waals surface area contributed by atoms with Gasteiger partial charge in [0, 0.05) is 32.9 Å². The molecule has 0 unspecified atom stereocenters. The maximum atomic E-state index is 2.43. The molecular formula is C52H34N2. The fourth-order valence-corrected chi connectivity index (χ4v) is 8.54. The zero-order valence-corrected chi connectivity index (χ0v) is 29.5. The highest BCUT2D eigenvalue weighted by Crippen LogP contribution is 2.42. The van der Waals surface area contributed by atoms with E-state index in [-0.39, 0.29) is 0 Å². The van der Waals surface area contributed by atoms with Gasteiger partial charge in [-0.3, -0.25) is 0 Å². The van der Waals surface area contributed by atoms with Gasteiger partial charge in [0.05, 0.1) is 22.1 Å². The van der Waals surface area contributed by atoms with Crippen molar-refractivity contribution in [3.8, 4) is 44.8 Å². The van der Waals surface area contributed by atoms with Crippen LogP contribution < -0.4 is 0 Å². The normalized spacial score (nSPS) is 11.7. The van der Waals surface area contributed by atoms with Gasteiger partial charge in [0.15, 0.2) is 0 Å². The summed E-state index contributed by atoms with van der Waals surface area (Å²) in [6.45, 7) is 0. The zero-order chi connectivity index (χ0) is 35.6. The van der Waals surface area contributed by atoms with Gasteiger partial charge in [0.2, 0.25) is 0 Å². The second kappa shape index (κ2) is 12.2. The predicted octanol–water partition coefficient (Wildman–Crippen LogP) is 14.0. The number of hydrogen-bond acceptors (Lipinski definition) is 0. The first kappa shape index (κ1) is 30.5. The quantitative estimate of drug-likeness (QED) is 0.171. The molecule has 0 atom stereocenters. The summed E-state index contributed by atoms with van der Waals surface area (Å²) in [6, 6.07) is 75.1. The van der Waals surface area contributed by atoms with Crippen molar-refractivity contribution in [3.63, 3.8) is 0 Å². The summed E-state index contributed by atoms with van der Waals surface area (Å²) in [4.78, 5) is 0. The molecule has 0 aliphatic carbocycles. The van der Waals surface area contributed by atoms with Crippen molar-refractivity contribution < 1.29 is 0 Å². The molecule has 0 aliphatic heterocycles. The zero-order valence-electron chi connectivity index (χ0n) is 29.5. The summed E-state index contributed by atoms with van der Waals surface area (Å²) in [5.74, 6) is 0. The lowest BCUT2D eigenvalue weighted by Gasteiger charge is -2.11. The number of hydrogen-bond donors (Lipinski definition) is 0. The molecule has 252 valence electrons. The Labute approximate surface area is 313 Å². The molecule has 0 N–H and O–H groups in total. The number of para-hydroxylation sites is 2. The molecule has 0 saturated carbocycles. The van der Waals surface area contributed by atoms with E-state index in [0.717, 1.165) is 11.4 Å². The van der Waals surface area contributed by atoms with E-state index in [9.17, 15) is 0 Å². The fraction of sp³-hybridized carbons (Fsp3) is 0. The van der Waals surface area contributed by atoms with Crippen LogP contribution in [0.15, 0.2) is 206 Å². The molecular weight excluding hydrogens is 653 g/mol. The van der Waals surface area contributed by atoms with Crippen LogP contribution in [0.1, 0.15) is 0 Å². The third-order valence-electron chi connectivity index (χ3n) is 11.1. The van der Waals surface area contributed by atoms with Crippen molar-refractivity contribution in [2.45, 2.75) is 0 Å². The first-order chi connectivity index (χ1) is 26.8. The average Bonchev–Trinajstić information content (AvgIpc) is 3.77. The second-order valence-electron chi connectivity index (χ2n) is 14.2. The van der Waals surface area contributed by atoms with Crippen molar-refractivity contribution in [2.75, 3.05) is 0 Å². The highest BCUT2D eigenvalue weighted by molar-refractivity contribution is 6.28. The minimum atomic E-state index is 1.15. The second-order valence-corrected chi connectivity index (χ2v) is 14.2. The summed E-state index contributed by atoms with van der Waals surface area (Å²) in [6.07, 6.45) is 0. The van der Waals surface area contributed by atoms with Crippen molar-refractivity contribution in [2.24, 2.45) is 0 Å². The summed E-state index contributed by atoms with van der Waals surface area (Å²) in [7, 11) is 0. The van der Waals surface area contributed by atoms with Crippen molar-refractivity contribution in [1.29, 1.82) is 0 Å². The molecule has 9 aromatic carbocycles. The summed E-state index contributed by atoms with van der Waals surface area (Å²) >= 11 is 0. The van der Waals surface area contributed by atoms with E-state index in [1.807, 2.05) is 0 Å². The van der Waals surface area contributed by atoms with Crippen molar-refractivity contribution >= 4 is 54.4 Å². The molecule has 0 saturated heterocycles. The fourth-order valence-electron chi connectivity index (χ4n) is 8.54.